The highest BCUT2D eigenvalue weighted by Crippen LogP contribution is 2.13. The maximum Gasteiger partial charge on any atom is 0.314 e. The first-order valence-electron chi connectivity index (χ1n) is 4.63. The average molecular weight is 217 g/mol. The van der Waals surface area contributed by atoms with Crippen molar-refractivity contribution in [3.63, 3.8) is 0 Å². The standard InChI is InChI=1S/C9H7N5O2/c1-5-4-6(15)2-3-7(5)14-10-8-9(11-14)13-16-12-8/h2-4H,1H3,(H-,10,11,12,13,15). The zero-order chi connectivity index (χ0) is 11.1. The Morgan fingerprint density at radius 2 is 2.25 bits per heavy atom. The summed E-state index contributed by atoms with van der Waals surface area (Å²) in [6.45, 7) is 1.84. The van der Waals surface area contributed by atoms with E-state index in [0.717, 1.165) is 11.3 Å². The van der Waals surface area contributed by atoms with Crippen LogP contribution in [0.3, 0.4) is 0 Å². The van der Waals surface area contributed by atoms with Gasteiger partial charge in [-0.25, -0.2) is 4.63 Å². The first-order valence-corrected chi connectivity index (χ1v) is 4.63. The topological polar surface area (TPSA) is 94.5 Å². The normalized spacial score (nSPS) is 11.1. The minimum atomic E-state index is -0.0290. The number of aromatic nitrogens is 5. The zero-order valence-electron chi connectivity index (χ0n) is 8.34. The Hall–Kier alpha value is -2.44. The molecule has 0 fully saturated rings. The number of aryl methyl sites for hydroxylation is 1. The van der Waals surface area contributed by atoms with Crippen LogP contribution in [0, 0.1) is 6.92 Å². The summed E-state index contributed by atoms with van der Waals surface area (Å²) in [5.41, 5.74) is 2.46. The lowest BCUT2D eigenvalue weighted by atomic mass is 10.2. The van der Waals surface area contributed by atoms with Gasteiger partial charge >= 0.3 is 5.65 Å². The van der Waals surface area contributed by atoms with E-state index in [4.69, 9.17) is 0 Å². The molecule has 0 aliphatic rings. The van der Waals surface area contributed by atoms with Gasteiger partial charge in [-0.15, -0.1) is 10.8 Å². The van der Waals surface area contributed by atoms with Gasteiger partial charge < -0.3 is 5.11 Å². The predicted molar refractivity (Wildman–Crippen MR) is 49.7 cm³/mol. The predicted octanol–water partition coefficient (Wildman–Crippen LogP) is -0.395. The fourth-order valence-corrected chi connectivity index (χ4v) is 1.52. The van der Waals surface area contributed by atoms with E-state index in [1.54, 1.807) is 12.1 Å². The van der Waals surface area contributed by atoms with Crippen LogP contribution < -0.4 is 9.90 Å². The van der Waals surface area contributed by atoms with Crippen LogP contribution in [0.15, 0.2) is 22.8 Å². The molecule has 80 valence electrons. The zero-order valence-corrected chi connectivity index (χ0v) is 8.34. The first kappa shape index (κ1) is 8.84. The Bertz CT molecular complexity index is 628. The van der Waals surface area contributed by atoms with Gasteiger partial charge in [-0.1, -0.05) is 12.1 Å². The van der Waals surface area contributed by atoms with Crippen molar-refractivity contribution in [2.45, 2.75) is 6.92 Å². The van der Waals surface area contributed by atoms with Gasteiger partial charge in [0, 0.05) is 16.4 Å². The molecular formula is C9H7N5O2. The summed E-state index contributed by atoms with van der Waals surface area (Å²) in [4.78, 5) is 1.51. The van der Waals surface area contributed by atoms with Crippen molar-refractivity contribution >= 4 is 11.3 Å². The van der Waals surface area contributed by atoms with E-state index in [1.165, 1.54) is 10.9 Å². The summed E-state index contributed by atoms with van der Waals surface area (Å²) in [6.07, 6.45) is 0. The van der Waals surface area contributed by atoms with E-state index in [-0.39, 0.29) is 5.75 Å². The van der Waals surface area contributed by atoms with Crippen molar-refractivity contribution in [3.8, 4) is 11.4 Å². The molecule has 0 saturated heterocycles. The number of rotatable bonds is 1. The van der Waals surface area contributed by atoms with Crippen LogP contribution in [0.4, 0.5) is 0 Å². The molecule has 0 amide bonds. The van der Waals surface area contributed by atoms with Crippen molar-refractivity contribution < 1.29 is 14.5 Å². The molecule has 0 atom stereocenters. The lowest BCUT2D eigenvalue weighted by Crippen LogP contribution is -2.36. The lowest BCUT2D eigenvalue weighted by molar-refractivity contribution is -0.711. The number of fused-ring (bicyclic) bond motifs is 1. The molecule has 1 aromatic carbocycles. The summed E-state index contributed by atoms with van der Waals surface area (Å²) < 4.78 is 4.49. The van der Waals surface area contributed by atoms with Gasteiger partial charge in [0.15, 0.2) is 0 Å². The van der Waals surface area contributed by atoms with Crippen LogP contribution in [-0.4, -0.2) is 20.5 Å². The molecule has 0 unspecified atom stereocenters. The molecule has 7 nitrogen and oxygen atoms in total. The molecule has 0 spiro atoms. The molecule has 3 aromatic rings. The fourth-order valence-electron chi connectivity index (χ4n) is 1.52. The second-order valence-electron chi connectivity index (χ2n) is 3.41. The molecule has 0 saturated carbocycles. The molecule has 1 N–H and O–H groups in total. The third kappa shape index (κ3) is 1.22. The van der Waals surface area contributed by atoms with Crippen molar-refractivity contribution in [1.82, 2.24) is 20.5 Å². The van der Waals surface area contributed by atoms with Gasteiger partial charge in [0.1, 0.15) is 0 Å². The number of hydrogen-bond donors (Lipinski definition) is 1. The van der Waals surface area contributed by atoms with Gasteiger partial charge in [0.2, 0.25) is 0 Å². The Kier molecular flexibility index (Phi) is 1.67. The minimum Gasteiger partial charge on any atom is -0.872 e. The third-order valence-corrected chi connectivity index (χ3v) is 2.27. The van der Waals surface area contributed by atoms with E-state index in [2.05, 4.69) is 25.1 Å². The number of H-pyrrole nitrogens is 1. The number of nitrogens with one attached hydrogen (secondary N) is 1. The monoisotopic (exact) mass is 217 g/mol. The molecule has 7 heteroatoms. The quantitative estimate of drug-likeness (QED) is 0.560. The SMILES string of the molecule is Cc1cc([O-])ccc1-[n+]1nc2nonc2[nH]1. The van der Waals surface area contributed by atoms with Crippen LogP contribution in [0.25, 0.3) is 17.0 Å². The van der Waals surface area contributed by atoms with Crippen molar-refractivity contribution in [2.75, 3.05) is 0 Å². The molecule has 0 aliphatic carbocycles. The van der Waals surface area contributed by atoms with Crippen LogP contribution in [0.2, 0.25) is 0 Å². The van der Waals surface area contributed by atoms with E-state index < -0.39 is 0 Å². The Morgan fingerprint density at radius 3 is 3.00 bits per heavy atom. The molecule has 0 bridgehead atoms. The number of aromatic amines is 1. The summed E-state index contributed by atoms with van der Waals surface area (Å²) in [7, 11) is 0. The van der Waals surface area contributed by atoms with E-state index in [9.17, 15) is 5.11 Å². The molecule has 2 aromatic heterocycles. The summed E-state index contributed by atoms with van der Waals surface area (Å²) in [6, 6.07) is 4.71. The van der Waals surface area contributed by atoms with Gasteiger partial charge in [0.05, 0.1) is 5.10 Å². The molecule has 0 aliphatic heterocycles. The molecule has 16 heavy (non-hydrogen) atoms. The smallest absolute Gasteiger partial charge is 0.314 e. The summed E-state index contributed by atoms with van der Waals surface area (Å²) in [5, 5.41) is 25.4. The lowest BCUT2D eigenvalue weighted by Gasteiger charge is -2.04. The summed E-state index contributed by atoms with van der Waals surface area (Å²) >= 11 is 0. The number of nitrogens with zero attached hydrogens (tertiary/aromatic N) is 4. The largest absolute Gasteiger partial charge is 0.872 e. The van der Waals surface area contributed by atoms with Crippen molar-refractivity contribution in [3.05, 3.63) is 23.8 Å². The van der Waals surface area contributed by atoms with E-state index in [0.29, 0.717) is 11.3 Å². The van der Waals surface area contributed by atoms with E-state index in [1.807, 2.05) is 6.92 Å². The Balaban J connectivity index is 2.19. The van der Waals surface area contributed by atoms with Gasteiger partial charge in [-0.2, -0.15) is 0 Å². The van der Waals surface area contributed by atoms with Gasteiger partial charge in [-0.3, -0.25) is 0 Å². The maximum atomic E-state index is 11.1. The highest BCUT2D eigenvalue weighted by Gasteiger charge is 2.18. The van der Waals surface area contributed by atoms with Crippen LogP contribution in [-0.2, 0) is 0 Å². The van der Waals surface area contributed by atoms with Gasteiger partial charge in [-0.05, 0) is 17.2 Å². The van der Waals surface area contributed by atoms with Crippen molar-refractivity contribution in [2.24, 2.45) is 0 Å². The van der Waals surface area contributed by atoms with Gasteiger partial charge in [0.25, 0.3) is 11.3 Å². The van der Waals surface area contributed by atoms with Crippen LogP contribution in [0.1, 0.15) is 5.56 Å². The number of hydrogen-bond acceptors (Lipinski definition) is 5. The molecule has 3 rings (SSSR count). The Morgan fingerprint density at radius 1 is 1.38 bits per heavy atom. The average Bonchev–Trinajstić information content (AvgIpc) is 2.76. The Labute approximate surface area is 89.3 Å². The van der Waals surface area contributed by atoms with Crippen LogP contribution in [0.5, 0.6) is 5.75 Å². The highest BCUT2D eigenvalue weighted by atomic mass is 16.6. The highest BCUT2D eigenvalue weighted by molar-refractivity contribution is 5.60. The minimum absolute atomic E-state index is 0.0290. The second-order valence-corrected chi connectivity index (χ2v) is 3.41. The fraction of sp³-hybridized carbons (Fsp3) is 0.111. The van der Waals surface area contributed by atoms with Crippen LogP contribution >= 0.6 is 0 Å². The van der Waals surface area contributed by atoms with Crippen molar-refractivity contribution in [1.29, 1.82) is 0 Å². The third-order valence-electron chi connectivity index (χ3n) is 2.27. The second kappa shape index (κ2) is 3.02. The van der Waals surface area contributed by atoms with E-state index >= 15 is 0 Å². The summed E-state index contributed by atoms with van der Waals surface area (Å²) in [5.74, 6) is -0.0290. The molecule has 0 radical (unpaired) electrons. The molecule has 2 heterocycles. The maximum absolute atomic E-state index is 11.1. The number of benzene rings is 1. The first-order chi connectivity index (χ1) is 7.74. The molecular weight excluding hydrogens is 210 g/mol.